The molecule has 1 aliphatic heterocycles. The Labute approximate surface area is 108 Å². The summed E-state index contributed by atoms with van der Waals surface area (Å²) < 4.78 is 0.793. The van der Waals surface area contributed by atoms with Crippen molar-refractivity contribution < 1.29 is 4.79 Å². The highest BCUT2D eigenvalue weighted by atomic mass is 79.9. The predicted octanol–water partition coefficient (Wildman–Crippen LogP) is 2.73. The number of thioether (sulfide) groups is 1. The van der Waals surface area contributed by atoms with Gasteiger partial charge in [0, 0.05) is 15.9 Å². The number of fused-ring (bicyclic) bond motifs is 1. The van der Waals surface area contributed by atoms with Crippen molar-refractivity contribution in [1.29, 1.82) is 0 Å². The normalized spacial score (nSPS) is 17.9. The van der Waals surface area contributed by atoms with Crippen molar-refractivity contribution >= 4 is 33.6 Å². The van der Waals surface area contributed by atoms with Crippen LogP contribution in [0.2, 0.25) is 0 Å². The van der Waals surface area contributed by atoms with Crippen LogP contribution in [-0.2, 0) is 11.2 Å². The summed E-state index contributed by atoms with van der Waals surface area (Å²) in [5.74, 6) is 0.0850. The number of hydrogen-bond donors (Lipinski definition) is 1. The molecule has 2 rings (SSSR count). The van der Waals surface area contributed by atoms with Crippen LogP contribution in [0.5, 0.6) is 0 Å². The molecule has 84 valence electrons. The van der Waals surface area contributed by atoms with Gasteiger partial charge in [0.05, 0.1) is 5.25 Å². The molecule has 16 heavy (non-hydrogen) atoms. The molecule has 0 radical (unpaired) electrons. The van der Waals surface area contributed by atoms with Gasteiger partial charge in [-0.15, -0.1) is 11.8 Å². The molecule has 0 aliphatic carbocycles. The third-order valence-electron chi connectivity index (χ3n) is 2.39. The van der Waals surface area contributed by atoms with Crippen LogP contribution in [0, 0.1) is 0 Å². The maximum atomic E-state index is 11.8. The van der Waals surface area contributed by atoms with Crippen LogP contribution < -0.4 is 5.32 Å². The van der Waals surface area contributed by atoms with Gasteiger partial charge in [0.1, 0.15) is 0 Å². The molecule has 1 unspecified atom stereocenters. The van der Waals surface area contributed by atoms with Crippen molar-refractivity contribution in [2.24, 2.45) is 0 Å². The Hall–Kier alpha value is -0.740. The van der Waals surface area contributed by atoms with Crippen molar-refractivity contribution in [3.05, 3.63) is 40.9 Å². The Bertz CT molecular complexity index is 408. The molecule has 0 saturated carbocycles. The summed E-state index contributed by atoms with van der Waals surface area (Å²) in [5.41, 5.74) is 1.27. The van der Waals surface area contributed by atoms with Gasteiger partial charge in [0.2, 0.25) is 5.91 Å². The van der Waals surface area contributed by atoms with E-state index in [2.05, 4.69) is 40.0 Å². The van der Waals surface area contributed by atoms with Crippen LogP contribution in [0.3, 0.4) is 0 Å². The molecule has 0 aromatic heterocycles. The Morgan fingerprint density at radius 1 is 1.56 bits per heavy atom. The second-order valence-corrected chi connectivity index (χ2v) is 6.02. The zero-order chi connectivity index (χ0) is 11.5. The van der Waals surface area contributed by atoms with Gasteiger partial charge < -0.3 is 5.32 Å². The zero-order valence-electron chi connectivity index (χ0n) is 8.70. The summed E-state index contributed by atoms with van der Waals surface area (Å²) in [6, 6.07) is 8.17. The fourth-order valence-corrected chi connectivity index (χ4v) is 2.99. The molecular formula is C12H12BrNOS. The van der Waals surface area contributed by atoms with Gasteiger partial charge in [-0.25, -0.2) is 0 Å². The minimum atomic E-state index is 0.00394. The molecule has 4 heteroatoms. The first-order chi connectivity index (χ1) is 7.66. The van der Waals surface area contributed by atoms with Crippen LogP contribution >= 0.6 is 27.7 Å². The lowest BCUT2D eigenvalue weighted by Crippen LogP contribution is -2.33. The summed E-state index contributed by atoms with van der Waals surface area (Å²) in [5, 5.41) is 2.86. The number of nitrogens with one attached hydrogen (secondary N) is 1. The summed E-state index contributed by atoms with van der Waals surface area (Å²) in [6.45, 7) is 4.18. The van der Waals surface area contributed by atoms with Crippen molar-refractivity contribution in [2.75, 3.05) is 6.54 Å². The van der Waals surface area contributed by atoms with E-state index < -0.39 is 0 Å². The topological polar surface area (TPSA) is 29.1 Å². The molecule has 1 aromatic carbocycles. The van der Waals surface area contributed by atoms with E-state index >= 15 is 0 Å². The van der Waals surface area contributed by atoms with E-state index in [1.54, 1.807) is 11.8 Å². The maximum absolute atomic E-state index is 11.8. The van der Waals surface area contributed by atoms with Gasteiger partial charge in [-0.1, -0.05) is 40.7 Å². The van der Waals surface area contributed by atoms with Crippen molar-refractivity contribution in [3.63, 3.8) is 0 Å². The van der Waals surface area contributed by atoms with Crippen molar-refractivity contribution in [3.8, 4) is 0 Å². The first-order valence-corrected chi connectivity index (χ1v) is 6.69. The van der Waals surface area contributed by atoms with E-state index in [0.717, 1.165) is 10.9 Å². The van der Waals surface area contributed by atoms with Crippen molar-refractivity contribution in [1.82, 2.24) is 5.32 Å². The molecule has 0 spiro atoms. The number of carbonyl (C=O) groups is 1. The highest BCUT2D eigenvalue weighted by Gasteiger charge is 2.27. The number of hydrogen-bond acceptors (Lipinski definition) is 2. The highest BCUT2D eigenvalue weighted by molar-refractivity contribution is 9.11. The lowest BCUT2D eigenvalue weighted by atomic mass is 10.1. The molecule has 1 N–H and O–H groups in total. The van der Waals surface area contributed by atoms with Crippen LogP contribution in [0.1, 0.15) is 5.56 Å². The number of amides is 1. The smallest absolute Gasteiger partial charge is 0.234 e. The Morgan fingerprint density at radius 3 is 3.00 bits per heavy atom. The van der Waals surface area contributed by atoms with Gasteiger partial charge in [0.15, 0.2) is 0 Å². The largest absolute Gasteiger partial charge is 0.351 e. The summed E-state index contributed by atoms with van der Waals surface area (Å²) in [4.78, 5) is 13.0. The molecule has 1 amide bonds. The number of benzene rings is 1. The number of carbonyl (C=O) groups excluding carboxylic acids is 1. The SMILES string of the molecule is C=C(Br)CNC(=O)C1Cc2ccccc2S1. The molecule has 1 heterocycles. The van der Waals surface area contributed by atoms with Gasteiger partial charge in [-0.05, 0) is 18.1 Å². The standard InChI is InChI=1S/C12H12BrNOS/c1-8(13)7-14-12(15)11-6-9-4-2-3-5-10(9)16-11/h2-5,11H,1,6-7H2,(H,14,15). The molecule has 0 saturated heterocycles. The Balaban J connectivity index is 1.96. The molecule has 2 nitrogen and oxygen atoms in total. The van der Waals surface area contributed by atoms with E-state index in [-0.39, 0.29) is 11.2 Å². The molecule has 1 atom stereocenters. The van der Waals surface area contributed by atoms with Crippen LogP contribution in [0.25, 0.3) is 0 Å². The summed E-state index contributed by atoms with van der Waals surface area (Å²) >= 11 is 4.86. The van der Waals surface area contributed by atoms with Crippen LogP contribution in [0.4, 0.5) is 0 Å². The molecule has 0 bridgehead atoms. The zero-order valence-corrected chi connectivity index (χ0v) is 11.1. The number of halogens is 1. The van der Waals surface area contributed by atoms with E-state index in [0.29, 0.717) is 6.54 Å². The highest BCUT2D eigenvalue weighted by Crippen LogP contribution is 2.36. The average Bonchev–Trinajstić information content (AvgIpc) is 2.69. The van der Waals surface area contributed by atoms with Crippen LogP contribution in [-0.4, -0.2) is 17.7 Å². The minimum Gasteiger partial charge on any atom is -0.351 e. The van der Waals surface area contributed by atoms with Gasteiger partial charge in [-0.3, -0.25) is 4.79 Å². The Morgan fingerprint density at radius 2 is 2.31 bits per heavy atom. The van der Waals surface area contributed by atoms with E-state index in [4.69, 9.17) is 0 Å². The fourth-order valence-electron chi connectivity index (χ4n) is 1.63. The van der Waals surface area contributed by atoms with Gasteiger partial charge in [0.25, 0.3) is 0 Å². The molecule has 1 aromatic rings. The average molecular weight is 298 g/mol. The minimum absolute atomic E-state index is 0.00394. The van der Waals surface area contributed by atoms with E-state index in [1.807, 2.05) is 12.1 Å². The third kappa shape index (κ3) is 2.68. The van der Waals surface area contributed by atoms with Crippen LogP contribution in [0.15, 0.2) is 40.2 Å². The van der Waals surface area contributed by atoms with Gasteiger partial charge >= 0.3 is 0 Å². The second-order valence-electron chi connectivity index (χ2n) is 3.65. The van der Waals surface area contributed by atoms with E-state index in [1.165, 1.54) is 10.5 Å². The molecule has 0 fully saturated rings. The van der Waals surface area contributed by atoms with E-state index in [9.17, 15) is 4.79 Å². The predicted molar refractivity (Wildman–Crippen MR) is 70.9 cm³/mol. The first kappa shape index (κ1) is 11.7. The Kier molecular flexibility index (Phi) is 3.71. The molecular weight excluding hydrogens is 286 g/mol. The lowest BCUT2D eigenvalue weighted by Gasteiger charge is -2.08. The maximum Gasteiger partial charge on any atom is 0.234 e. The quantitative estimate of drug-likeness (QED) is 0.929. The third-order valence-corrected chi connectivity index (χ3v) is 3.99. The lowest BCUT2D eigenvalue weighted by molar-refractivity contribution is -0.120. The second kappa shape index (κ2) is 5.06. The first-order valence-electron chi connectivity index (χ1n) is 5.02. The summed E-state index contributed by atoms with van der Waals surface area (Å²) in [6.07, 6.45) is 0.821. The summed E-state index contributed by atoms with van der Waals surface area (Å²) in [7, 11) is 0. The van der Waals surface area contributed by atoms with Gasteiger partial charge in [-0.2, -0.15) is 0 Å². The monoisotopic (exact) mass is 297 g/mol. The van der Waals surface area contributed by atoms with Crippen molar-refractivity contribution in [2.45, 2.75) is 16.6 Å². The fraction of sp³-hybridized carbons (Fsp3) is 0.250. The number of rotatable bonds is 3. The molecule has 1 aliphatic rings.